The van der Waals surface area contributed by atoms with Crippen LogP contribution in [0, 0.1) is 13.8 Å². The number of fused-ring (bicyclic) bond motifs is 2. The molecule has 0 aliphatic carbocycles. The third-order valence-corrected chi connectivity index (χ3v) is 8.83. The highest BCUT2D eigenvalue weighted by Crippen LogP contribution is 2.40. The molecule has 7 aromatic carbocycles. The van der Waals surface area contributed by atoms with Gasteiger partial charge in [-0.25, -0.2) is 0 Å². The predicted molar refractivity (Wildman–Crippen MR) is 196 cm³/mol. The van der Waals surface area contributed by atoms with Gasteiger partial charge in [-0.3, -0.25) is 0 Å². The molecule has 0 spiro atoms. The lowest BCUT2D eigenvalue weighted by molar-refractivity contribution is 0.414. The molecule has 2 N–H and O–H groups in total. The van der Waals surface area contributed by atoms with E-state index < -0.39 is 0 Å². The van der Waals surface area contributed by atoms with Gasteiger partial charge in [-0.05, 0) is 88.8 Å². The first-order chi connectivity index (χ1) is 23.9. The zero-order chi connectivity index (χ0) is 33.9. The fourth-order valence-electron chi connectivity index (χ4n) is 6.22. The van der Waals surface area contributed by atoms with Crippen molar-refractivity contribution >= 4 is 44.3 Å². The molecule has 7 nitrogen and oxygen atoms in total. The number of methoxy groups -OCH3 is 1. The molecule has 0 amide bonds. The van der Waals surface area contributed by atoms with Gasteiger partial charge in [-0.15, -0.1) is 10.2 Å². The Morgan fingerprint density at radius 2 is 0.939 bits per heavy atom. The van der Waals surface area contributed by atoms with Gasteiger partial charge in [-0.2, -0.15) is 10.2 Å². The predicted octanol–water partition coefficient (Wildman–Crippen LogP) is 12.0. The molecule has 0 aromatic heterocycles. The van der Waals surface area contributed by atoms with Crippen molar-refractivity contribution in [2.75, 3.05) is 7.11 Å². The largest absolute Gasteiger partial charge is 0.506 e. The van der Waals surface area contributed by atoms with Gasteiger partial charge in [-0.1, -0.05) is 97.1 Å². The molecule has 0 heterocycles. The van der Waals surface area contributed by atoms with E-state index in [4.69, 9.17) is 4.74 Å². The van der Waals surface area contributed by atoms with E-state index in [1.807, 2.05) is 98.8 Å². The number of phenols is 2. The van der Waals surface area contributed by atoms with Crippen molar-refractivity contribution in [2.24, 2.45) is 20.5 Å². The minimum Gasteiger partial charge on any atom is -0.506 e. The van der Waals surface area contributed by atoms with Crippen LogP contribution >= 0.6 is 0 Å². The lowest BCUT2D eigenvalue weighted by atomic mass is 9.83. The first-order valence-electron chi connectivity index (χ1n) is 16.0. The molecule has 7 heteroatoms. The van der Waals surface area contributed by atoms with Crippen LogP contribution in [0.1, 0.15) is 33.7 Å². The van der Waals surface area contributed by atoms with E-state index in [0.717, 1.165) is 55.1 Å². The number of ether oxygens (including phenoxy) is 1. The summed E-state index contributed by atoms with van der Waals surface area (Å²) >= 11 is 0. The Balaban J connectivity index is 1.24. The second-order valence-corrected chi connectivity index (χ2v) is 12.0. The number of hydrogen-bond donors (Lipinski definition) is 2. The summed E-state index contributed by atoms with van der Waals surface area (Å²) in [5.41, 5.74) is 7.51. The van der Waals surface area contributed by atoms with E-state index in [-0.39, 0.29) is 17.4 Å². The summed E-state index contributed by atoms with van der Waals surface area (Å²) in [6.07, 6.45) is 0. The molecule has 49 heavy (non-hydrogen) atoms. The van der Waals surface area contributed by atoms with Crippen molar-refractivity contribution in [1.29, 1.82) is 0 Å². The van der Waals surface area contributed by atoms with E-state index in [2.05, 4.69) is 56.9 Å². The van der Waals surface area contributed by atoms with Crippen molar-refractivity contribution in [3.63, 3.8) is 0 Å². The molecule has 0 saturated heterocycles. The Kier molecular flexibility index (Phi) is 8.56. The quantitative estimate of drug-likeness (QED) is 0.127. The fraction of sp³-hybridized carbons (Fsp3) is 0.0952. The molecular formula is C42H34N4O3. The molecule has 0 bridgehead atoms. The first-order valence-corrected chi connectivity index (χ1v) is 16.0. The molecule has 0 fully saturated rings. The Morgan fingerprint density at radius 3 is 1.39 bits per heavy atom. The van der Waals surface area contributed by atoms with E-state index in [1.54, 1.807) is 19.2 Å². The van der Waals surface area contributed by atoms with E-state index in [1.165, 1.54) is 0 Å². The van der Waals surface area contributed by atoms with Crippen LogP contribution in [0.3, 0.4) is 0 Å². The molecule has 0 radical (unpaired) electrons. The van der Waals surface area contributed by atoms with Gasteiger partial charge in [0.1, 0.15) is 28.6 Å². The second kappa shape index (κ2) is 13.4. The summed E-state index contributed by atoms with van der Waals surface area (Å²) < 4.78 is 5.45. The minimum atomic E-state index is -0.0930. The summed E-state index contributed by atoms with van der Waals surface area (Å²) in [5.74, 6) is 0.867. The van der Waals surface area contributed by atoms with Crippen LogP contribution in [-0.4, -0.2) is 17.3 Å². The molecule has 0 unspecified atom stereocenters. The number of nitrogens with zero attached hydrogens (tertiary/aromatic N) is 4. The van der Waals surface area contributed by atoms with Crippen LogP contribution in [-0.2, 0) is 0 Å². The number of azo groups is 2. The number of phenolic OH excluding ortho intramolecular Hbond substituents is 2. The van der Waals surface area contributed by atoms with Gasteiger partial charge in [0.25, 0.3) is 0 Å². The summed E-state index contributed by atoms with van der Waals surface area (Å²) in [4.78, 5) is 0. The van der Waals surface area contributed by atoms with E-state index in [9.17, 15) is 10.2 Å². The lowest BCUT2D eigenvalue weighted by Crippen LogP contribution is -2.04. The summed E-state index contributed by atoms with van der Waals surface area (Å²) in [6, 6.07) is 43.1. The summed E-state index contributed by atoms with van der Waals surface area (Å²) in [7, 11) is 1.66. The van der Waals surface area contributed by atoms with Crippen molar-refractivity contribution in [1.82, 2.24) is 0 Å². The molecule has 0 saturated carbocycles. The Hall–Kier alpha value is -6.34. The highest BCUT2D eigenvalue weighted by Gasteiger charge is 2.19. The maximum atomic E-state index is 10.6. The van der Waals surface area contributed by atoms with Crippen molar-refractivity contribution in [3.8, 4) is 17.2 Å². The van der Waals surface area contributed by atoms with Crippen molar-refractivity contribution in [3.05, 3.63) is 161 Å². The zero-order valence-electron chi connectivity index (χ0n) is 27.4. The molecular weight excluding hydrogens is 608 g/mol. The van der Waals surface area contributed by atoms with Gasteiger partial charge < -0.3 is 14.9 Å². The van der Waals surface area contributed by atoms with Gasteiger partial charge >= 0.3 is 0 Å². The van der Waals surface area contributed by atoms with Crippen LogP contribution in [0.5, 0.6) is 17.2 Å². The van der Waals surface area contributed by atoms with Gasteiger partial charge in [0, 0.05) is 16.7 Å². The van der Waals surface area contributed by atoms with Crippen LogP contribution in [0.2, 0.25) is 0 Å². The monoisotopic (exact) mass is 642 g/mol. The number of benzene rings is 7. The van der Waals surface area contributed by atoms with Crippen LogP contribution in [0.15, 0.2) is 154 Å². The maximum Gasteiger partial charge on any atom is 0.143 e. The molecule has 7 rings (SSSR count). The number of hydrogen-bond acceptors (Lipinski definition) is 7. The maximum absolute atomic E-state index is 10.6. The van der Waals surface area contributed by atoms with E-state index in [0.29, 0.717) is 22.7 Å². The Labute approximate surface area is 284 Å². The summed E-state index contributed by atoms with van der Waals surface area (Å²) in [5, 5.41) is 42.9. The fourth-order valence-corrected chi connectivity index (χ4v) is 6.22. The van der Waals surface area contributed by atoms with Crippen molar-refractivity contribution in [2.45, 2.75) is 19.8 Å². The highest BCUT2D eigenvalue weighted by molar-refractivity contribution is 5.96. The number of aromatic hydroxyl groups is 2. The smallest absolute Gasteiger partial charge is 0.143 e. The van der Waals surface area contributed by atoms with Gasteiger partial charge in [0.2, 0.25) is 0 Å². The standard InChI is InChI=1S/C42H34N4O3/c1-26-24-31(14-20-36(26)43-45-41-34-10-6-4-8-28(34)16-22-38(41)47)40(30-12-18-33(49-3)19-13-30)32-15-21-37(27(2)25-32)44-46-42-35-11-7-5-9-29(35)17-23-39(42)48/h4-25,40,47-48H,1-3H3. The zero-order valence-corrected chi connectivity index (χ0v) is 27.4. The third-order valence-electron chi connectivity index (χ3n) is 8.83. The van der Waals surface area contributed by atoms with Crippen LogP contribution in [0.25, 0.3) is 21.5 Å². The van der Waals surface area contributed by atoms with Crippen molar-refractivity contribution < 1.29 is 14.9 Å². The SMILES string of the molecule is COc1ccc(C(c2ccc(N=Nc3c(O)ccc4ccccc34)c(C)c2)c2ccc(N=Nc3c(O)ccc4ccccc34)c(C)c2)cc1. The van der Waals surface area contributed by atoms with Gasteiger partial charge in [0.15, 0.2) is 0 Å². The molecule has 240 valence electrons. The molecule has 0 aliphatic heterocycles. The second-order valence-electron chi connectivity index (χ2n) is 12.0. The lowest BCUT2D eigenvalue weighted by Gasteiger charge is -2.21. The normalized spacial score (nSPS) is 12.3. The first kappa shape index (κ1) is 31.3. The topological polar surface area (TPSA) is 99.1 Å². The number of aryl methyl sites for hydroxylation is 2. The Morgan fingerprint density at radius 1 is 0.490 bits per heavy atom. The molecule has 0 atom stereocenters. The average molecular weight is 643 g/mol. The molecule has 0 aliphatic rings. The van der Waals surface area contributed by atoms with Crippen LogP contribution in [0.4, 0.5) is 22.7 Å². The molecule has 7 aromatic rings. The van der Waals surface area contributed by atoms with Gasteiger partial charge in [0.05, 0.1) is 18.5 Å². The average Bonchev–Trinajstić information content (AvgIpc) is 3.12. The van der Waals surface area contributed by atoms with Crippen LogP contribution < -0.4 is 4.74 Å². The third kappa shape index (κ3) is 6.34. The summed E-state index contributed by atoms with van der Waals surface area (Å²) in [6.45, 7) is 4.03. The highest BCUT2D eigenvalue weighted by atomic mass is 16.5. The Bertz CT molecular complexity index is 2240. The van der Waals surface area contributed by atoms with E-state index >= 15 is 0 Å². The minimum absolute atomic E-state index is 0.0866. The number of rotatable bonds is 8.